The molecule has 0 saturated carbocycles. The van der Waals surface area contributed by atoms with Crippen LogP contribution >= 0.6 is 11.6 Å². The lowest BCUT2D eigenvalue weighted by atomic mass is 10.1. The Labute approximate surface area is 87.2 Å². The summed E-state index contributed by atoms with van der Waals surface area (Å²) in [5.41, 5.74) is 1.59. The molecule has 1 heterocycles. The fourth-order valence-corrected chi connectivity index (χ4v) is 1.25. The Bertz CT molecular complexity index is 195. The van der Waals surface area contributed by atoms with Gasteiger partial charge >= 0.3 is 0 Å². The maximum atomic E-state index is 11.3. The minimum absolute atomic E-state index is 0.299. The zero-order chi connectivity index (χ0) is 10.6. The molecule has 1 aliphatic rings. The molecule has 7 heteroatoms. The number of hydrazine groups is 2. The molecular formula is C7H15ClN3O3+. The van der Waals surface area contributed by atoms with E-state index in [4.69, 9.17) is 16.4 Å². The third-order valence-electron chi connectivity index (χ3n) is 1.99. The quantitative estimate of drug-likeness (QED) is 0.405. The molecule has 1 unspecified atom stereocenters. The third-order valence-corrected chi connectivity index (χ3v) is 2.08. The Morgan fingerprint density at radius 2 is 2.21 bits per heavy atom. The van der Waals surface area contributed by atoms with Gasteiger partial charge in [-0.2, -0.15) is 0 Å². The van der Waals surface area contributed by atoms with E-state index >= 15 is 0 Å². The summed E-state index contributed by atoms with van der Waals surface area (Å²) >= 11 is 5.48. The highest BCUT2D eigenvalue weighted by Crippen LogP contribution is 2.08. The first kappa shape index (κ1) is 11.5. The van der Waals surface area contributed by atoms with Crippen molar-refractivity contribution in [2.75, 3.05) is 13.1 Å². The van der Waals surface area contributed by atoms with E-state index in [0.29, 0.717) is 30.9 Å². The lowest BCUT2D eigenvalue weighted by molar-refractivity contribution is -0.791. The smallest absolute Gasteiger partial charge is 0.274 e. The summed E-state index contributed by atoms with van der Waals surface area (Å²) < 4.78 is 0. The summed E-state index contributed by atoms with van der Waals surface area (Å²) in [6, 6.07) is 0. The molecule has 1 rings (SSSR count). The summed E-state index contributed by atoms with van der Waals surface area (Å²) in [5.74, 6) is 0. The van der Waals surface area contributed by atoms with E-state index in [0.717, 1.165) is 0 Å². The van der Waals surface area contributed by atoms with Crippen molar-refractivity contribution < 1.29 is 14.9 Å². The molecular weight excluding hydrogens is 210 g/mol. The third kappa shape index (κ3) is 3.65. The van der Waals surface area contributed by atoms with E-state index in [1.54, 1.807) is 6.92 Å². The first-order valence-corrected chi connectivity index (χ1v) is 4.99. The highest BCUT2D eigenvalue weighted by Gasteiger charge is 2.27. The van der Waals surface area contributed by atoms with Crippen molar-refractivity contribution in [1.82, 2.24) is 10.6 Å². The van der Waals surface area contributed by atoms with Crippen LogP contribution in [0.25, 0.3) is 0 Å². The molecule has 0 bridgehead atoms. The van der Waals surface area contributed by atoms with Crippen molar-refractivity contribution in [2.45, 2.75) is 31.4 Å². The fraction of sp³-hybridized carbons (Fsp3) is 1.00. The summed E-state index contributed by atoms with van der Waals surface area (Å²) in [4.78, 5) is 16.5. The average Bonchev–Trinajstić information content (AvgIpc) is 2.15. The van der Waals surface area contributed by atoms with Crippen molar-refractivity contribution in [3.63, 3.8) is 0 Å². The predicted octanol–water partition coefficient (Wildman–Crippen LogP) is 0.158. The van der Waals surface area contributed by atoms with E-state index in [1.807, 2.05) is 0 Å². The Morgan fingerprint density at radius 3 is 2.71 bits per heavy atom. The molecule has 0 amide bonds. The summed E-state index contributed by atoms with van der Waals surface area (Å²) in [6.45, 7) is 2.62. The molecule has 0 radical (unpaired) electrons. The number of hydrogen-bond acceptors (Lipinski definition) is 3. The molecule has 2 N–H and O–H groups in total. The van der Waals surface area contributed by atoms with Gasteiger partial charge in [0.25, 0.3) is 4.98 Å². The molecule has 82 valence electrons. The maximum absolute atomic E-state index is 11.3. The van der Waals surface area contributed by atoms with Crippen LogP contribution in [0.2, 0.25) is 0 Å². The van der Waals surface area contributed by atoms with Gasteiger partial charge in [0.1, 0.15) is 0 Å². The van der Waals surface area contributed by atoms with Gasteiger partial charge in [0.2, 0.25) is 0 Å². The molecule has 0 aromatic rings. The van der Waals surface area contributed by atoms with Crippen molar-refractivity contribution >= 4 is 11.6 Å². The second kappa shape index (κ2) is 5.33. The van der Waals surface area contributed by atoms with Crippen LogP contribution in [-0.4, -0.2) is 39.9 Å². The molecule has 14 heavy (non-hydrogen) atoms. The number of alkyl halides is 1. The van der Waals surface area contributed by atoms with Gasteiger partial charge < -0.3 is 5.11 Å². The average molecular weight is 225 g/mol. The van der Waals surface area contributed by atoms with Gasteiger partial charge in [-0.25, -0.2) is 4.84 Å². The fourth-order valence-electron chi connectivity index (χ4n) is 1.21. The molecule has 0 spiro atoms. The van der Waals surface area contributed by atoms with Crippen LogP contribution in [0.1, 0.15) is 19.8 Å². The van der Waals surface area contributed by atoms with Crippen molar-refractivity contribution in [2.24, 2.45) is 0 Å². The summed E-state index contributed by atoms with van der Waals surface area (Å²) in [7, 11) is 0. The van der Waals surface area contributed by atoms with Gasteiger partial charge in [-0.15, -0.1) is 5.01 Å². The summed E-state index contributed by atoms with van der Waals surface area (Å²) in [6.07, 6.45) is 0.890. The second-order valence-corrected chi connectivity index (χ2v) is 3.82. The minimum atomic E-state index is -0.568. The first-order valence-electron chi connectivity index (χ1n) is 4.55. The minimum Gasteiger partial charge on any atom is -0.393 e. The standard InChI is InChI=1S/C7H15ClN3O3/c1-6(8)14-9-11(13)10-4-2-7(12)3-5-10/h6-7,12H,2-5H2,1H3,(H,9,13)/q+1. The predicted molar refractivity (Wildman–Crippen MR) is 50.0 cm³/mol. The van der Waals surface area contributed by atoms with Crippen LogP contribution in [0.3, 0.4) is 0 Å². The second-order valence-electron chi connectivity index (χ2n) is 3.21. The van der Waals surface area contributed by atoms with Crippen LogP contribution in [-0.2, 0) is 4.84 Å². The van der Waals surface area contributed by atoms with Crippen LogP contribution in [0.4, 0.5) is 0 Å². The Balaban J connectivity index is 2.24. The number of aliphatic hydroxyl groups excluding tert-OH is 1. The molecule has 0 aliphatic carbocycles. The maximum Gasteiger partial charge on any atom is 0.274 e. The monoisotopic (exact) mass is 224 g/mol. The van der Waals surface area contributed by atoms with Crippen LogP contribution in [0, 0.1) is 4.91 Å². The highest BCUT2D eigenvalue weighted by atomic mass is 35.5. The number of nitrogens with zero attached hydrogens (tertiary/aromatic N) is 2. The van der Waals surface area contributed by atoms with E-state index in [9.17, 15) is 10.0 Å². The zero-order valence-corrected chi connectivity index (χ0v) is 8.78. The van der Waals surface area contributed by atoms with Crippen LogP contribution in [0.5, 0.6) is 0 Å². The Hall–Kier alpha value is -0.590. The van der Waals surface area contributed by atoms with Gasteiger partial charge in [-0.05, 0) is 19.8 Å². The van der Waals surface area contributed by atoms with Gasteiger partial charge in [0.15, 0.2) is 5.56 Å². The topological polar surface area (TPSA) is 64.8 Å². The largest absolute Gasteiger partial charge is 0.393 e. The van der Waals surface area contributed by atoms with Crippen LogP contribution in [0.15, 0.2) is 0 Å². The zero-order valence-electron chi connectivity index (χ0n) is 8.02. The number of nitroso groups, excluding NO2 is 1. The number of hydrogen-bond donors (Lipinski definition) is 2. The molecule has 0 aromatic heterocycles. The molecule has 1 fully saturated rings. The van der Waals surface area contributed by atoms with E-state index in [1.165, 1.54) is 5.01 Å². The van der Waals surface area contributed by atoms with Gasteiger partial charge in [0, 0.05) is 5.59 Å². The molecule has 0 aromatic carbocycles. The Kier molecular flexibility index (Phi) is 4.37. The van der Waals surface area contributed by atoms with Crippen molar-refractivity contribution in [3.8, 4) is 0 Å². The molecule has 6 nitrogen and oxygen atoms in total. The summed E-state index contributed by atoms with van der Waals surface area (Å²) in [5, 5.41) is 10.7. The van der Waals surface area contributed by atoms with Crippen molar-refractivity contribution in [1.29, 1.82) is 0 Å². The van der Waals surface area contributed by atoms with E-state index in [-0.39, 0.29) is 6.10 Å². The molecule has 1 atom stereocenters. The number of nitrogens with one attached hydrogen (secondary N) is 1. The van der Waals surface area contributed by atoms with Gasteiger partial charge in [0.05, 0.1) is 24.1 Å². The number of aliphatic hydroxyl groups is 1. The normalized spacial score (nSPS) is 20.6. The molecule has 1 saturated heterocycles. The lowest BCUT2D eigenvalue weighted by Gasteiger charge is -2.22. The number of halogens is 1. The number of rotatable bonds is 4. The molecule has 1 aliphatic heterocycles. The van der Waals surface area contributed by atoms with Gasteiger partial charge in [-0.3, -0.25) is 0 Å². The SMILES string of the molecule is CC(Cl)ON[N+](=O)N1CCC(O)CC1. The van der Waals surface area contributed by atoms with Crippen molar-refractivity contribution in [3.05, 3.63) is 4.91 Å². The lowest BCUT2D eigenvalue weighted by Crippen LogP contribution is -2.47. The van der Waals surface area contributed by atoms with E-state index in [2.05, 4.69) is 5.59 Å². The number of piperidine rings is 1. The Morgan fingerprint density at radius 1 is 1.64 bits per heavy atom. The van der Waals surface area contributed by atoms with Gasteiger partial charge in [-0.1, -0.05) is 11.6 Å². The van der Waals surface area contributed by atoms with E-state index < -0.39 is 5.56 Å². The highest BCUT2D eigenvalue weighted by molar-refractivity contribution is 6.19. The van der Waals surface area contributed by atoms with Crippen LogP contribution < -0.4 is 5.59 Å². The first-order chi connectivity index (χ1) is 6.59.